The summed E-state index contributed by atoms with van der Waals surface area (Å²) in [5.74, 6) is 0. The Kier molecular flexibility index (Phi) is 3.64. The number of rotatable bonds is 4. The Hall–Kier alpha value is -0.510. The molecule has 1 aromatic rings. The molecule has 1 heterocycles. The van der Waals surface area contributed by atoms with Gasteiger partial charge in [0.2, 0.25) is 0 Å². The zero-order chi connectivity index (χ0) is 12.4. The molecule has 2 nitrogen and oxygen atoms in total. The lowest BCUT2D eigenvalue weighted by molar-refractivity contribution is 0.160. The lowest BCUT2D eigenvalue weighted by atomic mass is 10.0. The highest BCUT2D eigenvalue weighted by Crippen LogP contribution is 2.48. The first-order valence-corrected chi connectivity index (χ1v) is 8.10. The zero-order valence-corrected chi connectivity index (χ0v) is 11.9. The van der Waals surface area contributed by atoms with Crippen LogP contribution in [-0.4, -0.2) is 42.1 Å². The molecule has 3 heteroatoms. The van der Waals surface area contributed by atoms with Gasteiger partial charge < -0.3 is 5.32 Å². The molecule has 0 amide bonds. The van der Waals surface area contributed by atoms with Crippen LogP contribution in [0.15, 0.2) is 30.3 Å². The molecule has 1 saturated heterocycles. The fraction of sp³-hybridized carbons (Fsp3) is 0.600. The van der Waals surface area contributed by atoms with Crippen molar-refractivity contribution >= 4 is 11.8 Å². The molecule has 1 aliphatic heterocycles. The van der Waals surface area contributed by atoms with Crippen LogP contribution in [0.5, 0.6) is 0 Å². The normalized spacial score (nSPS) is 27.1. The van der Waals surface area contributed by atoms with E-state index < -0.39 is 0 Å². The number of nitrogens with one attached hydrogen (secondary N) is 1. The highest BCUT2D eigenvalue weighted by Gasteiger charge is 2.44. The molecule has 18 heavy (non-hydrogen) atoms. The number of nitrogens with zero attached hydrogens (tertiary/aromatic N) is 1. The van der Waals surface area contributed by atoms with Crippen molar-refractivity contribution in [3.8, 4) is 0 Å². The van der Waals surface area contributed by atoms with Gasteiger partial charge in [0.15, 0.2) is 0 Å². The Labute approximate surface area is 114 Å². The molecule has 2 fully saturated rings. The van der Waals surface area contributed by atoms with E-state index in [1.807, 2.05) is 0 Å². The van der Waals surface area contributed by atoms with Gasteiger partial charge in [-0.05, 0) is 24.7 Å². The molecule has 0 aromatic heterocycles. The van der Waals surface area contributed by atoms with Gasteiger partial charge in [-0.25, -0.2) is 0 Å². The molecular weight excluding hydrogens is 240 g/mol. The SMILES string of the molecule is CSC1(CN2CCNCC2c2ccccc2)CC1. The van der Waals surface area contributed by atoms with Crippen molar-refractivity contribution in [2.24, 2.45) is 0 Å². The number of thioether (sulfide) groups is 1. The highest BCUT2D eigenvalue weighted by atomic mass is 32.2. The Morgan fingerprint density at radius 1 is 1.33 bits per heavy atom. The summed E-state index contributed by atoms with van der Waals surface area (Å²) in [5.41, 5.74) is 1.46. The molecule has 1 N–H and O–H groups in total. The molecule has 1 atom stereocenters. The maximum Gasteiger partial charge on any atom is 0.0473 e. The van der Waals surface area contributed by atoms with E-state index in [1.54, 1.807) is 0 Å². The summed E-state index contributed by atoms with van der Waals surface area (Å²) in [5, 5.41) is 3.54. The number of piperazine rings is 1. The van der Waals surface area contributed by atoms with Gasteiger partial charge >= 0.3 is 0 Å². The average molecular weight is 262 g/mol. The first kappa shape index (κ1) is 12.5. The van der Waals surface area contributed by atoms with E-state index in [0.29, 0.717) is 10.8 Å². The van der Waals surface area contributed by atoms with E-state index in [-0.39, 0.29) is 0 Å². The van der Waals surface area contributed by atoms with Crippen molar-refractivity contribution in [2.45, 2.75) is 23.6 Å². The summed E-state index contributed by atoms with van der Waals surface area (Å²) in [6, 6.07) is 11.5. The van der Waals surface area contributed by atoms with Crippen LogP contribution in [0.1, 0.15) is 24.4 Å². The van der Waals surface area contributed by atoms with Gasteiger partial charge in [-0.15, -0.1) is 0 Å². The molecule has 0 bridgehead atoms. The van der Waals surface area contributed by atoms with Crippen molar-refractivity contribution in [2.75, 3.05) is 32.4 Å². The molecule has 3 rings (SSSR count). The minimum atomic E-state index is 0.560. The van der Waals surface area contributed by atoms with Crippen LogP contribution < -0.4 is 5.32 Å². The van der Waals surface area contributed by atoms with Crippen LogP contribution in [0, 0.1) is 0 Å². The van der Waals surface area contributed by atoms with Gasteiger partial charge in [0.05, 0.1) is 0 Å². The summed E-state index contributed by atoms with van der Waals surface area (Å²) < 4.78 is 0.574. The zero-order valence-electron chi connectivity index (χ0n) is 11.1. The molecule has 0 radical (unpaired) electrons. The third kappa shape index (κ3) is 2.58. The topological polar surface area (TPSA) is 15.3 Å². The van der Waals surface area contributed by atoms with E-state index in [2.05, 4.69) is 58.6 Å². The maximum atomic E-state index is 3.54. The van der Waals surface area contributed by atoms with Crippen molar-refractivity contribution in [1.29, 1.82) is 0 Å². The summed E-state index contributed by atoms with van der Waals surface area (Å²) in [6.45, 7) is 4.67. The fourth-order valence-electron chi connectivity index (χ4n) is 2.88. The van der Waals surface area contributed by atoms with Gasteiger partial charge in [0.1, 0.15) is 0 Å². The summed E-state index contributed by atoms with van der Waals surface area (Å²) in [7, 11) is 0. The monoisotopic (exact) mass is 262 g/mol. The third-order valence-electron chi connectivity index (χ3n) is 4.27. The van der Waals surface area contributed by atoms with Crippen molar-refractivity contribution in [3.63, 3.8) is 0 Å². The first-order chi connectivity index (χ1) is 8.83. The van der Waals surface area contributed by atoms with Gasteiger partial charge in [0, 0.05) is 37.0 Å². The second kappa shape index (κ2) is 5.24. The number of hydrogen-bond donors (Lipinski definition) is 1. The van der Waals surface area contributed by atoms with Gasteiger partial charge in [-0.1, -0.05) is 30.3 Å². The summed E-state index contributed by atoms with van der Waals surface area (Å²) in [4.78, 5) is 2.69. The van der Waals surface area contributed by atoms with Crippen LogP contribution >= 0.6 is 11.8 Å². The lowest BCUT2D eigenvalue weighted by Gasteiger charge is -2.38. The number of benzene rings is 1. The van der Waals surface area contributed by atoms with E-state index in [0.717, 1.165) is 13.1 Å². The summed E-state index contributed by atoms with van der Waals surface area (Å²) >= 11 is 2.07. The molecule has 98 valence electrons. The lowest BCUT2D eigenvalue weighted by Crippen LogP contribution is -2.48. The van der Waals surface area contributed by atoms with E-state index in [9.17, 15) is 0 Å². The van der Waals surface area contributed by atoms with Crippen LogP contribution in [0.3, 0.4) is 0 Å². The molecule has 0 spiro atoms. The predicted molar refractivity (Wildman–Crippen MR) is 79.1 cm³/mol. The predicted octanol–water partition coefficient (Wildman–Crippen LogP) is 2.53. The van der Waals surface area contributed by atoms with Crippen LogP contribution in [0.4, 0.5) is 0 Å². The van der Waals surface area contributed by atoms with Crippen LogP contribution in [-0.2, 0) is 0 Å². The smallest absolute Gasteiger partial charge is 0.0473 e. The molecule has 2 aliphatic rings. The Morgan fingerprint density at radius 3 is 2.78 bits per heavy atom. The van der Waals surface area contributed by atoms with Crippen molar-refractivity contribution in [1.82, 2.24) is 10.2 Å². The Morgan fingerprint density at radius 2 is 2.11 bits per heavy atom. The minimum Gasteiger partial charge on any atom is -0.314 e. The van der Waals surface area contributed by atoms with Crippen LogP contribution in [0.2, 0.25) is 0 Å². The second-order valence-electron chi connectivity index (χ2n) is 5.49. The van der Waals surface area contributed by atoms with Crippen molar-refractivity contribution < 1.29 is 0 Å². The van der Waals surface area contributed by atoms with Crippen LogP contribution in [0.25, 0.3) is 0 Å². The first-order valence-electron chi connectivity index (χ1n) is 6.88. The quantitative estimate of drug-likeness (QED) is 0.897. The van der Waals surface area contributed by atoms with E-state index >= 15 is 0 Å². The largest absolute Gasteiger partial charge is 0.314 e. The van der Waals surface area contributed by atoms with Crippen molar-refractivity contribution in [3.05, 3.63) is 35.9 Å². The molecule has 1 unspecified atom stereocenters. The molecule has 1 aromatic carbocycles. The average Bonchev–Trinajstić information content (AvgIpc) is 3.21. The van der Waals surface area contributed by atoms with E-state index in [4.69, 9.17) is 0 Å². The fourth-order valence-corrected chi connectivity index (χ4v) is 3.68. The van der Waals surface area contributed by atoms with Gasteiger partial charge in [0.25, 0.3) is 0 Å². The van der Waals surface area contributed by atoms with Gasteiger partial charge in [-0.2, -0.15) is 11.8 Å². The summed E-state index contributed by atoms with van der Waals surface area (Å²) in [6.07, 6.45) is 5.08. The highest BCUT2D eigenvalue weighted by molar-refractivity contribution is 8.00. The number of hydrogen-bond acceptors (Lipinski definition) is 3. The standard InChI is InChI=1S/C15H22N2S/c1-18-15(7-8-15)12-17-10-9-16-11-14(17)13-5-3-2-4-6-13/h2-6,14,16H,7-12H2,1H3. The minimum absolute atomic E-state index is 0.560. The second-order valence-corrected chi connectivity index (χ2v) is 6.76. The molecule has 1 aliphatic carbocycles. The Bertz CT molecular complexity index is 389. The Balaban J connectivity index is 1.74. The molecular formula is C15H22N2S. The van der Waals surface area contributed by atoms with Gasteiger partial charge in [-0.3, -0.25) is 4.90 Å². The third-order valence-corrected chi connectivity index (χ3v) is 5.67. The van der Waals surface area contributed by atoms with E-state index in [1.165, 1.54) is 31.5 Å². The molecule has 1 saturated carbocycles. The maximum absolute atomic E-state index is 3.54.